The van der Waals surface area contributed by atoms with Gasteiger partial charge in [-0.25, -0.2) is 8.78 Å². The predicted octanol–water partition coefficient (Wildman–Crippen LogP) is 20.0. The van der Waals surface area contributed by atoms with Gasteiger partial charge in [-0.1, -0.05) is 185 Å². The van der Waals surface area contributed by atoms with Crippen LogP contribution in [-0.4, -0.2) is 0 Å². The van der Waals surface area contributed by atoms with Crippen LogP contribution in [0.4, 0.5) is 42.9 Å². The smallest absolute Gasteiger partial charge is 0.147 e. The molecule has 0 N–H and O–H groups in total. The first-order chi connectivity index (χ1) is 36.7. The van der Waals surface area contributed by atoms with Gasteiger partial charge in [0.05, 0.1) is 38.3 Å². The van der Waals surface area contributed by atoms with Gasteiger partial charge in [0, 0.05) is 37.8 Å². The maximum Gasteiger partial charge on any atom is 0.147 e. The molecule has 0 radical (unpaired) electrons. The summed E-state index contributed by atoms with van der Waals surface area (Å²) in [5, 5.41) is 6.08. The molecular weight excluding hydrogens is 943 g/mol. The molecule has 0 saturated heterocycles. The van der Waals surface area contributed by atoms with E-state index in [9.17, 15) is 0 Å². The van der Waals surface area contributed by atoms with Crippen molar-refractivity contribution in [3.63, 3.8) is 0 Å². The van der Waals surface area contributed by atoms with E-state index in [-0.39, 0.29) is 17.0 Å². The molecule has 1 aliphatic carbocycles. The molecule has 3 nitrogen and oxygen atoms in total. The highest BCUT2D eigenvalue weighted by molar-refractivity contribution is 7.26. The van der Waals surface area contributed by atoms with Crippen molar-refractivity contribution in [2.24, 2.45) is 0 Å². The van der Waals surface area contributed by atoms with E-state index in [2.05, 4.69) is 188 Å². The normalized spacial score (nSPS) is 13.0. The number of nitrogens with zero attached hydrogens (tertiary/aromatic N) is 2. The third kappa shape index (κ3) is 6.82. The fourth-order valence-corrected chi connectivity index (χ4v) is 13.2. The quantitative estimate of drug-likeness (QED) is 0.151. The third-order valence-electron chi connectivity index (χ3n) is 15.4. The first-order valence-corrected chi connectivity index (χ1v) is 26.3. The number of benzene rings is 11. The second-order valence-electron chi connectivity index (χ2n) is 20.6. The van der Waals surface area contributed by atoms with Crippen molar-refractivity contribution in [3.8, 4) is 11.1 Å². The average molecular weight is 991 g/mol. The highest BCUT2D eigenvalue weighted by Gasteiger charge is 2.50. The minimum Gasteiger partial charge on any atom is -0.455 e. The predicted molar refractivity (Wildman–Crippen MR) is 309 cm³/mol. The molecule has 0 saturated carbocycles. The van der Waals surface area contributed by atoms with Crippen LogP contribution < -0.4 is 9.80 Å². The molecule has 11 aromatic carbocycles. The fourth-order valence-electron chi connectivity index (χ4n) is 12.0. The van der Waals surface area contributed by atoms with Crippen LogP contribution in [0.2, 0.25) is 0 Å². The van der Waals surface area contributed by atoms with Crippen LogP contribution in [0.25, 0.3) is 64.0 Å². The third-order valence-corrected chi connectivity index (χ3v) is 16.6. The van der Waals surface area contributed by atoms with Crippen LogP contribution in [0.3, 0.4) is 0 Å². The van der Waals surface area contributed by atoms with E-state index >= 15 is 8.78 Å². The first-order valence-electron chi connectivity index (χ1n) is 25.5. The van der Waals surface area contributed by atoms with Gasteiger partial charge in [0.15, 0.2) is 0 Å². The monoisotopic (exact) mass is 990 g/mol. The van der Waals surface area contributed by atoms with E-state index in [1.807, 2.05) is 54.6 Å². The van der Waals surface area contributed by atoms with Gasteiger partial charge in [-0.3, -0.25) is 0 Å². The molecule has 2 heterocycles. The largest absolute Gasteiger partial charge is 0.455 e. The Morgan fingerprint density at radius 1 is 0.440 bits per heavy atom. The maximum atomic E-state index is 17.0. The summed E-state index contributed by atoms with van der Waals surface area (Å²) in [6.45, 7) is 6.62. The van der Waals surface area contributed by atoms with Gasteiger partial charge in [0.2, 0.25) is 0 Å². The van der Waals surface area contributed by atoms with E-state index in [1.165, 1.54) is 11.6 Å². The summed E-state index contributed by atoms with van der Waals surface area (Å²) < 4.78 is 43.5. The van der Waals surface area contributed by atoms with Crippen LogP contribution >= 0.6 is 11.3 Å². The molecule has 0 bridgehead atoms. The van der Waals surface area contributed by atoms with Crippen molar-refractivity contribution in [2.75, 3.05) is 9.80 Å². The van der Waals surface area contributed by atoms with Crippen LogP contribution in [0.1, 0.15) is 48.6 Å². The number of furan rings is 1. The molecule has 360 valence electrons. The lowest BCUT2D eigenvalue weighted by molar-refractivity contribution is 0.590. The molecule has 0 amide bonds. The highest BCUT2D eigenvalue weighted by Crippen LogP contribution is 2.65. The van der Waals surface area contributed by atoms with Gasteiger partial charge >= 0.3 is 0 Å². The van der Waals surface area contributed by atoms with E-state index in [0.717, 1.165) is 103 Å². The van der Waals surface area contributed by atoms with Crippen LogP contribution in [-0.2, 0) is 10.8 Å². The van der Waals surface area contributed by atoms with Crippen molar-refractivity contribution in [1.82, 2.24) is 0 Å². The molecule has 1 aliphatic rings. The van der Waals surface area contributed by atoms with Gasteiger partial charge in [-0.2, -0.15) is 0 Å². The van der Waals surface area contributed by atoms with Gasteiger partial charge in [-0.15, -0.1) is 11.3 Å². The van der Waals surface area contributed by atoms with E-state index in [4.69, 9.17) is 4.42 Å². The zero-order chi connectivity index (χ0) is 50.6. The molecule has 13 aromatic rings. The van der Waals surface area contributed by atoms with Crippen molar-refractivity contribution in [1.29, 1.82) is 0 Å². The Bertz CT molecular complexity index is 4340. The number of anilines is 6. The summed E-state index contributed by atoms with van der Waals surface area (Å²) in [6, 6.07) is 80.3. The van der Waals surface area contributed by atoms with Crippen molar-refractivity contribution < 1.29 is 13.2 Å². The minimum atomic E-state index is -1.01. The Balaban J connectivity index is 1.20. The maximum absolute atomic E-state index is 17.0. The zero-order valence-electron chi connectivity index (χ0n) is 41.5. The number of thiophene rings is 1. The number of halogens is 2. The second-order valence-corrected chi connectivity index (χ2v) is 21.7. The summed E-state index contributed by atoms with van der Waals surface area (Å²) in [5.41, 5.74) is 11.7. The van der Waals surface area contributed by atoms with Crippen molar-refractivity contribution in [3.05, 3.63) is 276 Å². The summed E-state index contributed by atoms with van der Waals surface area (Å²) in [6.07, 6.45) is 0. The van der Waals surface area contributed by atoms with Crippen LogP contribution in [0.15, 0.2) is 241 Å². The zero-order valence-corrected chi connectivity index (χ0v) is 42.3. The molecule has 75 heavy (non-hydrogen) atoms. The number of hydrogen-bond donors (Lipinski definition) is 0. The Labute approximate surface area is 437 Å². The van der Waals surface area contributed by atoms with Crippen LogP contribution in [0, 0.1) is 11.6 Å². The topological polar surface area (TPSA) is 19.6 Å². The second kappa shape index (κ2) is 17.1. The van der Waals surface area contributed by atoms with Gasteiger partial charge in [0.1, 0.15) is 22.8 Å². The SMILES string of the molecule is CC(C)(C)c1ccc(N(c2ccccc2F)c2cc3c(c4oc5ccccc5c24)-c2c(cc(N(c4ccc5ccccc5c4)c4ccccc4F)c4sc5ccccc5c24)C3(c2ccccc2)c2ccccc2)cc1. The number of rotatable bonds is 8. The highest BCUT2D eigenvalue weighted by atomic mass is 32.1. The summed E-state index contributed by atoms with van der Waals surface area (Å²) in [5.74, 6) is -0.684. The molecule has 0 atom stereocenters. The molecule has 0 fully saturated rings. The van der Waals surface area contributed by atoms with Crippen molar-refractivity contribution in [2.45, 2.75) is 31.6 Å². The van der Waals surface area contributed by atoms with E-state index in [0.29, 0.717) is 17.0 Å². The lowest BCUT2D eigenvalue weighted by atomic mass is 9.67. The number of hydrogen-bond acceptors (Lipinski definition) is 4. The summed E-state index contributed by atoms with van der Waals surface area (Å²) in [7, 11) is 0. The number of fused-ring (bicyclic) bond motifs is 12. The molecule has 0 spiro atoms. The summed E-state index contributed by atoms with van der Waals surface area (Å²) >= 11 is 1.72. The number of para-hydroxylation sites is 3. The van der Waals surface area contributed by atoms with Gasteiger partial charge in [-0.05, 0) is 122 Å². The van der Waals surface area contributed by atoms with Gasteiger partial charge < -0.3 is 14.2 Å². The lowest BCUT2D eigenvalue weighted by Gasteiger charge is -2.36. The first kappa shape index (κ1) is 44.8. The molecule has 6 heteroatoms. The minimum absolute atomic E-state index is 0.105. The molecule has 0 unspecified atom stereocenters. The fraction of sp³-hybridized carbons (Fsp3) is 0.0725. The van der Waals surface area contributed by atoms with Gasteiger partial charge in [0.25, 0.3) is 0 Å². The van der Waals surface area contributed by atoms with Crippen molar-refractivity contribution >= 4 is 98.3 Å². The molecule has 0 aliphatic heterocycles. The lowest BCUT2D eigenvalue weighted by Crippen LogP contribution is -2.29. The summed E-state index contributed by atoms with van der Waals surface area (Å²) in [4.78, 5) is 4.20. The standard InChI is InChI=1S/C69H48F2N2OS/c1-68(2,3)45-35-38-48(39-36-45)72(56-30-16-14-28-54(56)70)58-41-53-65(66-62(58)50-26-12-18-32-60(50)74-66)64-52(69(53,46-22-6-4-7-23-46)47-24-8-5-9-25-47)42-59(67-63(64)51-27-13-19-33-61(51)75-67)73(57-31-17-15-29-55(57)71)49-37-34-43-20-10-11-21-44(43)40-49/h4-42H,1-3H3. The molecule has 14 rings (SSSR count). The molecule has 2 aromatic heterocycles. The van der Waals surface area contributed by atoms with Crippen LogP contribution in [0.5, 0.6) is 0 Å². The Hall–Kier alpha value is -8.84. The van der Waals surface area contributed by atoms with E-state index < -0.39 is 5.41 Å². The molecular formula is C69H48F2N2OS. The van der Waals surface area contributed by atoms with E-state index in [1.54, 1.807) is 29.5 Å². The Morgan fingerprint density at radius 3 is 1.64 bits per heavy atom. The average Bonchev–Trinajstić information content (AvgIpc) is 4.25. The Morgan fingerprint density at radius 2 is 0.973 bits per heavy atom. The Kier molecular flexibility index (Phi) is 10.2.